The summed E-state index contributed by atoms with van der Waals surface area (Å²) in [6.07, 6.45) is 5.38. The molecular formula is C12H28N2. The van der Waals surface area contributed by atoms with Crippen LogP contribution in [0, 0.1) is 5.92 Å². The Morgan fingerprint density at radius 2 is 1.79 bits per heavy atom. The second-order valence-corrected chi connectivity index (χ2v) is 4.47. The van der Waals surface area contributed by atoms with Gasteiger partial charge in [0.1, 0.15) is 0 Å². The molecule has 0 heterocycles. The van der Waals surface area contributed by atoms with Crippen LogP contribution in [0.3, 0.4) is 0 Å². The van der Waals surface area contributed by atoms with Gasteiger partial charge in [0.25, 0.3) is 0 Å². The minimum Gasteiger partial charge on any atom is -0.319 e. The fraction of sp³-hybridized carbons (Fsp3) is 1.00. The molecule has 2 atom stereocenters. The second-order valence-electron chi connectivity index (χ2n) is 4.47. The van der Waals surface area contributed by atoms with Gasteiger partial charge in [-0.05, 0) is 39.4 Å². The molecule has 0 bridgehead atoms. The predicted molar refractivity (Wildman–Crippen MR) is 64.7 cm³/mol. The number of rotatable bonds is 9. The third-order valence-electron chi connectivity index (χ3n) is 2.61. The molecule has 14 heavy (non-hydrogen) atoms. The van der Waals surface area contributed by atoms with Crippen molar-refractivity contribution in [1.82, 2.24) is 10.6 Å². The average Bonchev–Trinajstić information content (AvgIpc) is 2.16. The van der Waals surface area contributed by atoms with Crippen LogP contribution in [0.1, 0.15) is 46.5 Å². The lowest BCUT2D eigenvalue weighted by atomic mass is 10.1. The first kappa shape index (κ1) is 13.9. The molecule has 0 aromatic carbocycles. The van der Waals surface area contributed by atoms with Gasteiger partial charge in [0.15, 0.2) is 0 Å². The number of hydrogen-bond acceptors (Lipinski definition) is 2. The van der Waals surface area contributed by atoms with Crippen molar-refractivity contribution in [3.63, 3.8) is 0 Å². The van der Waals surface area contributed by atoms with E-state index in [1.54, 1.807) is 0 Å². The van der Waals surface area contributed by atoms with Crippen LogP contribution in [0.5, 0.6) is 0 Å². The summed E-state index contributed by atoms with van der Waals surface area (Å²) in [5, 5.41) is 6.79. The summed E-state index contributed by atoms with van der Waals surface area (Å²) in [5.74, 6) is 0.730. The van der Waals surface area contributed by atoms with Gasteiger partial charge >= 0.3 is 0 Å². The van der Waals surface area contributed by atoms with E-state index in [-0.39, 0.29) is 0 Å². The Bertz CT molecular complexity index is 115. The molecule has 2 nitrogen and oxygen atoms in total. The van der Waals surface area contributed by atoms with E-state index in [2.05, 4.69) is 31.4 Å². The molecule has 0 aliphatic carbocycles. The zero-order valence-corrected chi connectivity index (χ0v) is 10.4. The average molecular weight is 200 g/mol. The minimum absolute atomic E-state index is 0.681. The van der Waals surface area contributed by atoms with E-state index in [1.807, 2.05) is 7.05 Å². The Morgan fingerprint density at radius 3 is 2.36 bits per heavy atom. The zero-order chi connectivity index (χ0) is 10.8. The van der Waals surface area contributed by atoms with Crippen molar-refractivity contribution < 1.29 is 0 Å². The summed E-state index contributed by atoms with van der Waals surface area (Å²) < 4.78 is 0. The van der Waals surface area contributed by atoms with E-state index >= 15 is 0 Å². The third kappa shape index (κ3) is 8.52. The minimum atomic E-state index is 0.681. The summed E-state index contributed by atoms with van der Waals surface area (Å²) in [6, 6.07) is 0.681. The number of nitrogens with one attached hydrogen (secondary N) is 2. The van der Waals surface area contributed by atoms with Crippen molar-refractivity contribution in [2.24, 2.45) is 5.92 Å². The predicted octanol–water partition coefficient (Wildman–Crippen LogP) is 2.40. The molecule has 2 N–H and O–H groups in total. The van der Waals surface area contributed by atoms with Crippen LogP contribution >= 0.6 is 0 Å². The maximum atomic E-state index is 3.59. The topological polar surface area (TPSA) is 24.1 Å². The van der Waals surface area contributed by atoms with Crippen LogP contribution in [-0.2, 0) is 0 Å². The quantitative estimate of drug-likeness (QED) is 0.559. The molecule has 0 fully saturated rings. The molecule has 0 rings (SSSR count). The second kappa shape index (κ2) is 9.47. The first-order valence-electron chi connectivity index (χ1n) is 6.08. The molecule has 0 aromatic rings. The maximum absolute atomic E-state index is 3.59. The Morgan fingerprint density at radius 1 is 1.07 bits per heavy atom. The largest absolute Gasteiger partial charge is 0.319 e. The first-order chi connectivity index (χ1) is 6.70. The standard InChI is InChI=1S/C12H28N2/c1-5-6-7-8-12(3)14-10-11(2)9-13-4/h11-14H,5-10H2,1-4H3. The van der Waals surface area contributed by atoms with Gasteiger partial charge in [-0.1, -0.05) is 33.1 Å². The first-order valence-corrected chi connectivity index (χ1v) is 6.08. The van der Waals surface area contributed by atoms with Gasteiger partial charge < -0.3 is 10.6 Å². The SMILES string of the molecule is CCCCCC(C)NCC(C)CNC. The Hall–Kier alpha value is -0.0800. The van der Waals surface area contributed by atoms with Crippen molar-refractivity contribution in [3.05, 3.63) is 0 Å². The Labute approximate surface area is 89.9 Å². The van der Waals surface area contributed by atoms with Crippen LogP contribution < -0.4 is 10.6 Å². The summed E-state index contributed by atoms with van der Waals surface area (Å²) in [6.45, 7) is 9.07. The van der Waals surface area contributed by atoms with Crippen LogP contribution in [0.2, 0.25) is 0 Å². The van der Waals surface area contributed by atoms with Crippen LogP contribution in [0.25, 0.3) is 0 Å². The van der Waals surface area contributed by atoms with Crippen LogP contribution in [-0.4, -0.2) is 26.2 Å². The Balaban J connectivity index is 3.29. The van der Waals surface area contributed by atoms with Gasteiger partial charge in [-0.25, -0.2) is 0 Å². The maximum Gasteiger partial charge on any atom is 0.00388 e. The van der Waals surface area contributed by atoms with Crippen LogP contribution in [0.4, 0.5) is 0 Å². The monoisotopic (exact) mass is 200 g/mol. The molecule has 0 aliphatic heterocycles. The van der Waals surface area contributed by atoms with Crippen molar-refractivity contribution in [1.29, 1.82) is 0 Å². The summed E-state index contributed by atoms with van der Waals surface area (Å²) >= 11 is 0. The highest BCUT2D eigenvalue weighted by molar-refractivity contribution is 4.64. The molecule has 0 saturated carbocycles. The third-order valence-corrected chi connectivity index (χ3v) is 2.61. The molecule has 86 valence electrons. The van der Waals surface area contributed by atoms with E-state index in [0.717, 1.165) is 19.0 Å². The summed E-state index contributed by atoms with van der Waals surface area (Å²) in [7, 11) is 2.02. The van der Waals surface area contributed by atoms with Crippen LogP contribution in [0.15, 0.2) is 0 Å². The Kier molecular flexibility index (Phi) is 9.42. The number of hydrogen-bond donors (Lipinski definition) is 2. The lowest BCUT2D eigenvalue weighted by Gasteiger charge is -2.17. The van der Waals surface area contributed by atoms with E-state index in [0.29, 0.717) is 6.04 Å². The zero-order valence-electron chi connectivity index (χ0n) is 10.4. The van der Waals surface area contributed by atoms with Crippen molar-refractivity contribution in [2.75, 3.05) is 20.1 Å². The molecule has 2 unspecified atom stereocenters. The van der Waals surface area contributed by atoms with Crippen molar-refractivity contribution in [3.8, 4) is 0 Å². The lowest BCUT2D eigenvalue weighted by Crippen LogP contribution is -2.33. The van der Waals surface area contributed by atoms with Gasteiger partial charge in [-0.2, -0.15) is 0 Å². The fourth-order valence-electron chi connectivity index (χ4n) is 1.63. The summed E-state index contributed by atoms with van der Waals surface area (Å²) in [4.78, 5) is 0. The molecule has 0 spiro atoms. The van der Waals surface area contributed by atoms with Crippen molar-refractivity contribution >= 4 is 0 Å². The highest BCUT2D eigenvalue weighted by Gasteiger charge is 2.04. The van der Waals surface area contributed by atoms with Gasteiger partial charge in [0.05, 0.1) is 0 Å². The fourth-order valence-corrected chi connectivity index (χ4v) is 1.63. The number of unbranched alkanes of at least 4 members (excludes halogenated alkanes) is 2. The molecule has 0 saturated heterocycles. The van der Waals surface area contributed by atoms with Gasteiger partial charge in [-0.3, -0.25) is 0 Å². The van der Waals surface area contributed by atoms with Gasteiger partial charge in [-0.15, -0.1) is 0 Å². The highest BCUT2D eigenvalue weighted by Crippen LogP contribution is 2.03. The molecule has 0 amide bonds. The molecule has 2 heteroatoms. The highest BCUT2D eigenvalue weighted by atomic mass is 14.9. The van der Waals surface area contributed by atoms with Crippen molar-refractivity contribution in [2.45, 2.75) is 52.5 Å². The van der Waals surface area contributed by atoms with E-state index in [1.165, 1.54) is 25.7 Å². The van der Waals surface area contributed by atoms with Gasteiger partial charge in [0.2, 0.25) is 0 Å². The molecule has 0 radical (unpaired) electrons. The van der Waals surface area contributed by atoms with E-state index in [4.69, 9.17) is 0 Å². The summed E-state index contributed by atoms with van der Waals surface area (Å²) in [5.41, 5.74) is 0. The van der Waals surface area contributed by atoms with E-state index in [9.17, 15) is 0 Å². The normalized spacial score (nSPS) is 15.4. The van der Waals surface area contributed by atoms with E-state index < -0.39 is 0 Å². The molecule has 0 aliphatic rings. The molecule has 0 aromatic heterocycles. The lowest BCUT2D eigenvalue weighted by molar-refractivity contribution is 0.426. The smallest absolute Gasteiger partial charge is 0.00388 e. The molecular weight excluding hydrogens is 172 g/mol. The van der Waals surface area contributed by atoms with Gasteiger partial charge in [0, 0.05) is 6.04 Å².